The number of urea groups is 1. The second-order valence-corrected chi connectivity index (χ2v) is 6.03. The lowest BCUT2D eigenvalue weighted by molar-refractivity contribution is -0.148. The van der Waals surface area contributed by atoms with Gasteiger partial charge in [-0.1, -0.05) is 13.8 Å². The molecular formula is C14H26N2O5. The Morgan fingerprint density at radius 3 is 2.62 bits per heavy atom. The van der Waals surface area contributed by atoms with E-state index in [1.807, 2.05) is 13.8 Å². The van der Waals surface area contributed by atoms with E-state index < -0.39 is 17.4 Å². The van der Waals surface area contributed by atoms with E-state index >= 15 is 0 Å². The van der Waals surface area contributed by atoms with Crippen LogP contribution in [0.4, 0.5) is 4.79 Å². The second-order valence-electron chi connectivity index (χ2n) is 6.03. The Morgan fingerprint density at radius 1 is 1.43 bits per heavy atom. The van der Waals surface area contributed by atoms with Crippen molar-refractivity contribution in [3.05, 3.63) is 0 Å². The predicted octanol–water partition coefficient (Wildman–Crippen LogP) is 0.933. The van der Waals surface area contributed by atoms with Gasteiger partial charge < -0.3 is 24.8 Å². The van der Waals surface area contributed by atoms with Gasteiger partial charge in [-0.05, 0) is 18.3 Å². The van der Waals surface area contributed by atoms with Crippen LogP contribution in [0.1, 0.15) is 26.7 Å². The molecule has 21 heavy (non-hydrogen) atoms. The maximum Gasteiger partial charge on any atom is 0.327 e. The minimum Gasteiger partial charge on any atom is -0.480 e. The molecule has 2 atom stereocenters. The Morgan fingerprint density at radius 2 is 2.10 bits per heavy atom. The van der Waals surface area contributed by atoms with Gasteiger partial charge in [0.25, 0.3) is 0 Å². The Bertz CT molecular complexity index is 372. The summed E-state index contributed by atoms with van der Waals surface area (Å²) >= 11 is 0. The van der Waals surface area contributed by atoms with Crippen molar-refractivity contribution in [3.8, 4) is 0 Å². The van der Waals surface area contributed by atoms with Crippen LogP contribution in [0.25, 0.3) is 0 Å². The summed E-state index contributed by atoms with van der Waals surface area (Å²) in [4.78, 5) is 25.2. The van der Waals surface area contributed by atoms with Crippen molar-refractivity contribution in [2.75, 3.05) is 33.9 Å². The van der Waals surface area contributed by atoms with E-state index in [0.717, 1.165) is 12.8 Å². The highest BCUT2D eigenvalue weighted by Gasteiger charge is 2.44. The van der Waals surface area contributed by atoms with Crippen LogP contribution in [0.3, 0.4) is 0 Å². The average Bonchev–Trinajstić information content (AvgIpc) is 2.41. The van der Waals surface area contributed by atoms with Gasteiger partial charge in [0.1, 0.15) is 6.04 Å². The van der Waals surface area contributed by atoms with Gasteiger partial charge in [-0.15, -0.1) is 0 Å². The number of methoxy groups -OCH3 is 2. The Labute approximate surface area is 125 Å². The normalized spacial score (nSPS) is 22.7. The number of carboxylic acids is 1. The van der Waals surface area contributed by atoms with Crippen molar-refractivity contribution in [1.29, 1.82) is 0 Å². The third kappa shape index (κ3) is 4.57. The number of hydrogen-bond acceptors (Lipinski definition) is 4. The van der Waals surface area contributed by atoms with E-state index in [1.165, 1.54) is 4.90 Å². The molecule has 0 radical (unpaired) electrons. The fraction of sp³-hybridized carbons (Fsp3) is 0.857. The molecule has 0 aromatic heterocycles. The number of rotatable bonds is 6. The maximum absolute atomic E-state index is 12.3. The molecule has 2 N–H and O–H groups in total. The molecular weight excluding hydrogens is 276 g/mol. The lowest BCUT2D eigenvalue weighted by Crippen LogP contribution is -2.59. The molecule has 1 saturated heterocycles. The lowest BCUT2D eigenvalue weighted by Gasteiger charge is -2.43. The molecule has 0 bridgehead atoms. The quantitative estimate of drug-likeness (QED) is 0.762. The largest absolute Gasteiger partial charge is 0.480 e. The Balaban J connectivity index is 2.68. The second kappa shape index (κ2) is 7.61. The van der Waals surface area contributed by atoms with E-state index in [0.29, 0.717) is 13.2 Å². The monoisotopic (exact) mass is 302 g/mol. The smallest absolute Gasteiger partial charge is 0.327 e. The topological polar surface area (TPSA) is 88.1 Å². The fourth-order valence-electron chi connectivity index (χ4n) is 2.78. The van der Waals surface area contributed by atoms with Crippen LogP contribution < -0.4 is 5.32 Å². The zero-order chi connectivity index (χ0) is 16.0. The zero-order valence-corrected chi connectivity index (χ0v) is 13.2. The van der Waals surface area contributed by atoms with Crippen molar-refractivity contribution < 1.29 is 24.2 Å². The van der Waals surface area contributed by atoms with Crippen molar-refractivity contribution in [2.24, 2.45) is 5.41 Å². The molecule has 1 fully saturated rings. The van der Waals surface area contributed by atoms with Crippen LogP contribution in [0, 0.1) is 5.41 Å². The molecule has 1 aliphatic heterocycles. The summed E-state index contributed by atoms with van der Waals surface area (Å²) in [5, 5.41) is 12.2. The summed E-state index contributed by atoms with van der Waals surface area (Å²) in [6.07, 6.45) is 1.34. The number of hydrogen-bond donors (Lipinski definition) is 2. The number of carboxylic acid groups (broad SMARTS) is 1. The molecule has 7 nitrogen and oxygen atoms in total. The van der Waals surface area contributed by atoms with Gasteiger partial charge in [0.05, 0.1) is 12.7 Å². The molecule has 0 aromatic rings. The van der Waals surface area contributed by atoms with E-state index in [1.54, 1.807) is 14.2 Å². The molecule has 2 unspecified atom stereocenters. The van der Waals surface area contributed by atoms with Crippen molar-refractivity contribution in [2.45, 2.75) is 38.8 Å². The summed E-state index contributed by atoms with van der Waals surface area (Å²) in [7, 11) is 3.10. The van der Waals surface area contributed by atoms with Gasteiger partial charge in [-0.2, -0.15) is 0 Å². The van der Waals surface area contributed by atoms with Gasteiger partial charge >= 0.3 is 12.0 Å². The van der Waals surface area contributed by atoms with Gasteiger partial charge in [0, 0.05) is 27.3 Å². The third-order valence-electron chi connectivity index (χ3n) is 3.93. The Kier molecular flexibility index (Phi) is 6.42. The summed E-state index contributed by atoms with van der Waals surface area (Å²) in [6.45, 7) is 4.87. The molecule has 1 heterocycles. The number of piperidine rings is 1. The van der Waals surface area contributed by atoms with E-state index in [2.05, 4.69) is 5.32 Å². The number of nitrogens with one attached hydrogen (secondary N) is 1. The first-order valence-corrected chi connectivity index (χ1v) is 7.12. The van der Waals surface area contributed by atoms with Crippen LogP contribution >= 0.6 is 0 Å². The summed E-state index contributed by atoms with van der Waals surface area (Å²) in [5.41, 5.74) is -0.436. The number of nitrogens with zero attached hydrogens (tertiary/aromatic N) is 1. The van der Waals surface area contributed by atoms with Crippen molar-refractivity contribution >= 4 is 12.0 Å². The first-order valence-electron chi connectivity index (χ1n) is 7.12. The van der Waals surface area contributed by atoms with Crippen LogP contribution in [0.2, 0.25) is 0 Å². The standard InChI is InChI=1S/C14H26N2O5/c1-14(2)6-5-7-16(11(14)12(17)18)13(19)15-8-10(21-4)9-20-3/h10-11H,5-9H2,1-4H3,(H,15,19)(H,17,18). The minimum absolute atomic E-state index is 0.250. The zero-order valence-electron chi connectivity index (χ0n) is 13.2. The van der Waals surface area contributed by atoms with Gasteiger partial charge in [0.2, 0.25) is 0 Å². The summed E-state index contributed by atoms with van der Waals surface area (Å²) < 4.78 is 10.2. The van der Waals surface area contributed by atoms with Crippen LogP contribution in [0.15, 0.2) is 0 Å². The van der Waals surface area contributed by atoms with Crippen molar-refractivity contribution in [3.63, 3.8) is 0 Å². The summed E-state index contributed by atoms with van der Waals surface area (Å²) in [5.74, 6) is -0.963. The Hall–Kier alpha value is -1.34. The van der Waals surface area contributed by atoms with E-state index in [4.69, 9.17) is 9.47 Å². The van der Waals surface area contributed by atoms with Gasteiger partial charge in [-0.25, -0.2) is 9.59 Å². The molecule has 0 spiro atoms. The molecule has 0 aliphatic carbocycles. The molecule has 2 amide bonds. The number of carbonyl (C=O) groups is 2. The van der Waals surface area contributed by atoms with Crippen LogP contribution in [0.5, 0.6) is 0 Å². The maximum atomic E-state index is 12.3. The van der Waals surface area contributed by atoms with Crippen LogP contribution in [-0.2, 0) is 14.3 Å². The van der Waals surface area contributed by atoms with E-state index in [9.17, 15) is 14.7 Å². The molecule has 0 saturated carbocycles. The molecule has 0 aromatic carbocycles. The van der Waals surface area contributed by atoms with Crippen LogP contribution in [-0.4, -0.2) is 68.1 Å². The predicted molar refractivity (Wildman–Crippen MR) is 77.2 cm³/mol. The fourth-order valence-corrected chi connectivity index (χ4v) is 2.78. The third-order valence-corrected chi connectivity index (χ3v) is 3.93. The highest BCUT2D eigenvalue weighted by molar-refractivity contribution is 5.83. The number of aliphatic carboxylic acids is 1. The SMILES string of the molecule is COCC(CNC(=O)N1CCCC(C)(C)C1C(=O)O)OC. The van der Waals surface area contributed by atoms with E-state index in [-0.39, 0.29) is 18.7 Å². The highest BCUT2D eigenvalue weighted by atomic mass is 16.5. The number of ether oxygens (including phenoxy) is 2. The average molecular weight is 302 g/mol. The first kappa shape index (κ1) is 17.7. The van der Waals surface area contributed by atoms with Gasteiger partial charge in [-0.3, -0.25) is 0 Å². The minimum atomic E-state index is -0.963. The summed E-state index contributed by atoms with van der Waals surface area (Å²) in [6, 6.07) is -1.18. The lowest BCUT2D eigenvalue weighted by atomic mass is 9.76. The molecule has 1 aliphatic rings. The number of carbonyl (C=O) groups excluding carboxylic acids is 1. The molecule has 1 rings (SSSR count). The molecule has 7 heteroatoms. The van der Waals surface area contributed by atoms with Gasteiger partial charge in [0.15, 0.2) is 0 Å². The van der Waals surface area contributed by atoms with Crippen molar-refractivity contribution in [1.82, 2.24) is 10.2 Å². The molecule has 122 valence electrons. The highest BCUT2D eigenvalue weighted by Crippen LogP contribution is 2.35. The number of amides is 2. The first-order chi connectivity index (χ1) is 9.83. The number of likely N-dealkylation sites (tertiary alicyclic amines) is 1.